The van der Waals surface area contributed by atoms with Crippen LogP contribution in [0.4, 0.5) is 4.79 Å². The number of methoxy groups -OCH3 is 1. The van der Waals surface area contributed by atoms with Crippen molar-refractivity contribution < 1.29 is 19.1 Å². The number of nitrogens with one attached hydrogen (secondary N) is 1. The topological polar surface area (TPSA) is 67.9 Å². The quantitative estimate of drug-likeness (QED) is 0.542. The highest BCUT2D eigenvalue weighted by atomic mass is 16.5. The summed E-state index contributed by atoms with van der Waals surface area (Å²) in [5.74, 6) is 1.32. The van der Waals surface area contributed by atoms with Gasteiger partial charge in [-0.15, -0.1) is 0 Å². The van der Waals surface area contributed by atoms with E-state index < -0.39 is 5.54 Å². The molecule has 29 heavy (non-hydrogen) atoms. The number of aryl methyl sites for hydroxylation is 2. The minimum absolute atomic E-state index is 0.220. The van der Waals surface area contributed by atoms with Crippen LogP contribution >= 0.6 is 0 Å². The monoisotopic (exact) mass is 396 g/mol. The maximum Gasteiger partial charge on any atom is 0.325 e. The van der Waals surface area contributed by atoms with Crippen LogP contribution in [0.25, 0.3) is 0 Å². The number of hydrogen-bond donors (Lipinski definition) is 1. The smallest absolute Gasteiger partial charge is 0.325 e. The molecule has 1 atom stereocenters. The van der Waals surface area contributed by atoms with E-state index in [1.807, 2.05) is 51.1 Å². The number of urea groups is 1. The molecular formula is C23H28N2O4. The lowest BCUT2D eigenvalue weighted by molar-refractivity contribution is -0.131. The van der Waals surface area contributed by atoms with Crippen LogP contribution in [0.15, 0.2) is 42.5 Å². The lowest BCUT2D eigenvalue weighted by Crippen LogP contribution is -2.43. The van der Waals surface area contributed by atoms with Crippen molar-refractivity contribution in [2.45, 2.75) is 39.2 Å². The Balaban J connectivity index is 1.65. The van der Waals surface area contributed by atoms with Gasteiger partial charge in [0.25, 0.3) is 5.91 Å². The van der Waals surface area contributed by atoms with Gasteiger partial charge >= 0.3 is 6.03 Å². The average molecular weight is 396 g/mol. The predicted molar refractivity (Wildman–Crippen MR) is 111 cm³/mol. The highest BCUT2D eigenvalue weighted by Crippen LogP contribution is 2.33. The van der Waals surface area contributed by atoms with Crippen molar-refractivity contribution in [3.63, 3.8) is 0 Å². The van der Waals surface area contributed by atoms with Crippen molar-refractivity contribution in [1.29, 1.82) is 0 Å². The molecule has 0 aliphatic carbocycles. The van der Waals surface area contributed by atoms with Crippen molar-refractivity contribution in [1.82, 2.24) is 10.2 Å². The zero-order valence-corrected chi connectivity index (χ0v) is 17.5. The lowest BCUT2D eigenvalue weighted by atomic mass is 9.87. The van der Waals surface area contributed by atoms with Gasteiger partial charge in [0.15, 0.2) is 0 Å². The summed E-state index contributed by atoms with van der Waals surface area (Å²) in [6.45, 7) is 6.66. The highest BCUT2D eigenvalue weighted by molar-refractivity contribution is 6.07. The van der Waals surface area contributed by atoms with E-state index in [1.54, 1.807) is 19.2 Å². The standard InChI is InChI=1S/C23H28N2O4/c1-5-23(18-9-11-19(28-4)12-10-18)21(26)25(22(27)24-23)13-6-14-29-20-15-16(2)7-8-17(20)3/h7-12,15H,5-6,13-14H2,1-4H3,(H,24,27). The Hall–Kier alpha value is -3.02. The van der Waals surface area contributed by atoms with Gasteiger partial charge in [0.1, 0.15) is 17.0 Å². The van der Waals surface area contributed by atoms with Crippen LogP contribution in [0.2, 0.25) is 0 Å². The second kappa shape index (κ2) is 8.55. The second-order valence-electron chi connectivity index (χ2n) is 7.35. The molecule has 1 unspecified atom stereocenters. The maximum absolute atomic E-state index is 13.2. The summed E-state index contributed by atoms with van der Waals surface area (Å²) in [7, 11) is 1.59. The van der Waals surface area contributed by atoms with Crippen LogP contribution in [0.1, 0.15) is 36.5 Å². The number of ether oxygens (including phenoxy) is 2. The molecule has 0 radical (unpaired) electrons. The summed E-state index contributed by atoms with van der Waals surface area (Å²) < 4.78 is 11.0. The predicted octanol–water partition coefficient (Wildman–Crippen LogP) is 3.94. The van der Waals surface area contributed by atoms with Crippen LogP contribution in [0.3, 0.4) is 0 Å². The molecule has 0 aromatic heterocycles. The largest absolute Gasteiger partial charge is 0.497 e. The van der Waals surface area contributed by atoms with Crippen LogP contribution in [-0.4, -0.2) is 37.1 Å². The first kappa shape index (κ1) is 20.7. The lowest BCUT2D eigenvalue weighted by Gasteiger charge is -2.26. The summed E-state index contributed by atoms with van der Waals surface area (Å²) in [6.07, 6.45) is 1.04. The highest BCUT2D eigenvalue weighted by Gasteiger charge is 2.50. The minimum Gasteiger partial charge on any atom is -0.497 e. The van der Waals surface area contributed by atoms with Gasteiger partial charge < -0.3 is 14.8 Å². The normalized spacial score (nSPS) is 18.7. The van der Waals surface area contributed by atoms with Crippen molar-refractivity contribution in [2.75, 3.05) is 20.3 Å². The van der Waals surface area contributed by atoms with Crippen molar-refractivity contribution in [2.24, 2.45) is 0 Å². The van der Waals surface area contributed by atoms with Crippen molar-refractivity contribution in [3.8, 4) is 11.5 Å². The molecule has 0 saturated carbocycles. The van der Waals surface area contributed by atoms with Crippen molar-refractivity contribution in [3.05, 3.63) is 59.2 Å². The van der Waals surface area contributed by atoms with Crippen molar-refractivity contribution >= 4 is 11.9 Å². The SMILES string of the molecule is CCC1(c2ccc(OC)cc2)NC(=O)N(CCCOc2cc(C)ccc2C)C1=O. The van der Waals surface area contributed by atoms with E-state index in [2.05, 4.69) is 5.32 Å². The molecule has 1 aliphatic rings. The zero-order chi connectivity index (χ0) is 21.0. The van der Waals surface area contributed by atoms with Crippen LogP contribution < -0.4 is 14.8 Å². The van der Waals surface area contributed by atoms with E-state index in [1.165, 1.54) is 4.90 Å². The van der Waals surface area contributed by atoms with E-state index in [0.29, 0.717) is 31.7 Å². The Labute approximate surface area is 171 Å². The van der Waals surface area contributed by atoms with E-state index in [-0.39, 0.29) is 11.9 Å². The molecule has 1 N–H and O–H groups in total. The van der Waals surface area contributed by atoms with E-state index in [4.69, 9.17) is 9.47 Å². The molecule has 3 amide bonds. The molecule has 0 spiro atoms. The summed E-state index contributed by atoms with van der Waals surface area (Å²) >= 11 is 0. The van der Waals surface area contributed by atoms with Crippen LogP contribution in [0.5, 0.6) is 11.5 Å². The minimum atomic E-state index is -1.03. The Kier molecular flexibility index (Phi) is 6.11. The Morgan fingerprint density at radius 2 is 1.79 bits per heavy atom. The van der Waals surface area contributed by atoms with Gasteiger partial charge in [0, 0.05) is 6.54 Å². The molecule has 1 aliphatic heterocycles. The van der Waals surface area contributed by atoms with E-state index >= 15 is 0 Å². The maximum atomic E-state index is 13.2. The number of hydrogen-bond acceptors (Lipinski definition) is 4. The summed E-state index contributed by atoms with van der Waals surface area (Å²) in [6, 6.07) is 12.9. The number of nitrogens with zero attached hydrogens (tertiary/aromatic N) is 1. The average Bonchev–Trinajstić information content (AvgIpc) is 2.98. The zero-order valence-electron chi connectivity index (χ0n) is 17.5. The molecule has 2 aromatic rings. The molecular weight excluding hydrogens is 368 g/mol. The third-order valence-corrected chi connectivity index (χ3v) is 5.42. The molecule has 6 heteroatoms. The summed E-state index contributed by atoms with van der Waals surface area (Å²) in [5, 5.41) is 2.90. The first-order valence-electron chi connectivity index (χ1n) is 9.90. The number of rotatable bonds is 8. The Morgan fingerprint density at radius 3 is 2.45 bits per heavy atom. The van der Waals surface area contributed by atoms with Gasteiger partial charge in [-0.1, -0.05) is 31.2 Å². The molecule has 154 valence electrons. The third kappa shape index (κ3) is 4.06. The van der Waals surface area contributed by atoms with E-state index in [9.17, 15) is 9.59 Å². The number of imide groups is 1. The van der Waals surface area contributed by atoms with Gasteiger partial charge in [-0.05, 0) is 61.6 Å². The number of amides is 3. The summed E-state index contributed by atoms with van der Waals surface area (Å²) in [5.41, 5.74) is 1.92. The first-order chi connectivity index (χ1) is 13.9. The van der Waals surface area contributed by atoms with Gasteiger partial charge in [-0.3, -0.25) is 9.69 Å². The fraction of sp³-hybridized carbons (Fsp3) is 0.391. The first-order valence-corrected chi connectivity index (χ1v) is 9.90. The van der Waals surface area contributed by atoms with Crippen LogP contribution in [-0.2, 0) is 10.3 Å². The Morgan fingerprint density at radius 1 is 1.07 bits per heavy atom. The molecule has 6 nitrogen and oxygen atoms in total. The van der Waals surface area contributed by atoms with E-state index in [0.717, 1.165) is 22.4 Å². The number of carbonyl (C=O) groups excluding carboxylic acids is 2. The van der Waals surface area contributed by atoms with Gasteiger partial charge in [-0.2, -0.15) is 0 Å². The second-order valence-corrected chi connectivity index (χ2v) is 7.35. The Bertz CT molecular complexity index is 894. The van der Waals surface area contributed by atoms with Crippen LogP contribution in [0, 0.1) is 13.8 Å². The molecule has 0 bridgehead atoms. The van der Waals surface area contributed by atoms with Gasteiger partial charge in [0.2, 0.25) is 0 Å². The fourth-order valence-corrected chi connectivity index (χ4v) is 3.61. The fourth-order valence-electron chi connectivity index (χ4n) is 3.61. The number of benzene rings is 2. The molecule has 3 rings (SSSR count). The van der Waals surface area contributed by atoms with Gasteiger partial charge in [-0.25, -0.2) is 4.79 Å². The summed E-state index contributed by atoms with van der Waals surface area (Å²) in [4.78, 5) is 27.0. The van der Waals surface area contributed by atoms with Gasteiger partial charge in [0.05, 0.1) is 13.7 Å². The third-order valence-electron chi connectivity index (χ3n) is 5.42. The number of carbonyl (C=O) groups is 2. The molecule has 1 saturated heterocycles. The molecule has 1 heterocycles. The molecule has 2 aromatic carbocycles. The molecule has 1 fully saturated rings.